The van der Waals surface area contributed by atoms with Gasteiger partial charge in [0.1, 0.15) is 33.7 Å². The van der Waals surface area contributed by atoms with Gasteiger partial charge < -0.3 is 23.8 Å². The van der Waals surface area contributed by atoms with E-state index in [9.17, 15) is 4.79 Å². The number of aromatic nitrogens is 2. The quantitative estimate of drug-likeness (QED) is 0.154. The normalized spacial score (nSPS) is 11.2. The highest BCUT2D eigenvalue weighted by Gasteiger charge is 2.24. The summed E-state index contributed by atoms with van der Waals surface area (Å²) in [5, 5.41) is 0.289. The molecule has 0 saturated carbocycles. The van der Waals surface area contributed by atoms with Crippen molar-refractivity contribution in [3.05, 3.63) is 71.0 Å². The summed E-state index contributed by atoms with van der Waals surface area (Å²) in [6, 6.07) is 15.0. The molecule has 4 aromatic rings. The Hall–Kier alpha value is -4.24. The first-order chi connectivity index (χ1) is 19.6. The number of methoxy groups -OCH3 is 4. The molecule has 10 heteroatoms. The van der Waals surface area contributed by atoms with Crippen LogP contribution in [-0.2, 0) is 17.9 Å². The standard InChI is InChI=1S/C31H34ClN4O5/c1-31(2,3)36(19-37)22-12-25-30(33-16-22)26(15-29(32)34-25)35(17-20-8-10-23(38-4)13-27(20)40-6)18-21-9-11-24(39-5)14-28(21)41-7/h8-16H,17-18H2,1-7H3. The molecule has 1 amide bonds. The Morgan fingerprint density at radius 3 is 1.85 bits per heavy atom. The third-order valence-corrected chi connectivity index (χ3v) is 6.84. The van der Waals surface area contributed by atoms with Gasteiger partial charge in [-0.1, -0.05) is 11.6 Å². The van der Waals surface area contributed by atoms with Gasteiger partial charge in [-0.3, -0.25) is 14.7 Å². The van der Waals surface area contributed by atoms with E-state index >= 15 is 0 Å². The first kappa shape index (κ1) is 29.7. The van der Waals surface area contributed by atoms with Gasteiger partial charge in [-0.2, -0.15) is 0 Å². The number of halogens is 1. The molecule has 0 aliphatic heterocycles. The van der Waals surface area contributed by atoms with Gasteiger partial charge in [0.2, 0.25) is 0 Å². The monoisotopic (exact) mass is 577 g/mol. The van der Waals surface area contributed by atoms with Gasteiger partial charge in [0, 0.05) is 48.0 Å². The fraction of sp³-hybridized carbons (Fsp3) is 0.323. The van der Waals surface area contributed by atoms with Gasteiger partial charge in [-0.25, -0.2) is 4.98 Å². The van der Waals surface area contributed by atoms with Crippen molar-refractivity contribution in [1.82, 2.24) is 9.97 Å². The number of anilines is 2. The molecule has 2 aromatic heterocycles. The summed E-state index contributed by atoms with van der Waals surface area (Å²) in [5.74, 6) is 2.74. The van der Waals surface area contributed by atoms with E-state index in [4.69, 9.17) is 35.5 Å². The maximum absolute atomic E-state index is 11.8. The van der Waals surface area contributed by atoms with Gasteiger partial charge in [-0.15, -0.1) is 0 Å². The summed E-state index contributed by atoms with van der Waals surface area (Å²) in [6.45, 7) is 6.65. The number of ether oxygens (including phenoxy) is 4. The van der Waals surface area contributed by atoms with Crippen molar-refractivity contribution in [2.75, 3.05) is 38.2 Å². The van der Waals surface area contributed by atoms with Crippen LogP contribution in [0.15, 0.2) is 54.7 Å². The topological polar surface area (TPSA) is 86.3 Å². The van der Waals surface area contributed by atoms with E-state index in [2.05, 4.69) is 9.88 Å². The van der Waals surface area contributed by atoms with Crippen LogP contribution in [0.1, 0.15) is 31.9 Å². The summed E-state index contributed by atoms with van der Waals surface area (Å²) in [5.41, 5.74) is 3.84. The smallest absolute Gasteiger partial charge is 0.317 e. The van der Waals surface area contributed by atoms with Gasteiger partial charge in [0.15, 0.2) is 0 Å². The van der Waals surface area contributed by atoms with Crippen molar-refractivity contribution in [3.8, 4) is 23.0 Å². The third kappa shape index (κ3) is 6.57. The van der Waals surface area contributed by atoms with Gasteiger partial charge in [-0.05, 0) is 51.1 Å². The van der Waals surface area contributed by atoms with Crippen molar-refractivity contribution in [1.29, 1.82) is 0 Å². The Morgan fingerprint density at radius 1 is 0.829 bits per heavy atom. The van der Waals surface area contributed by atoms with Crippen molar-refractivity contribution in [2.24, 2.45) is 0 Å². The molecular weight excluding hydrogens is 544 g/mol. The summed E-state index contributed by atoms with van der Waals surface area (Å²) in [7, 11) is 6.49. The number of hydrogen-bond donors (Lipinski definition) is 0. The lowest BCUT2D eigenvalue weighted by molar-refractivity contribution is 0.389. The molecule has 0 bridgehead atoms. The van der Waals surface area contributed by atoms with E-state index in [-0.39, 0.29) is 5.15 Å². The largest absolute Gasteiger partial charge is 0.497 e. The van der Waals surface area contributed by atoms with Crippen LogP contribution in [0.25, 0.3) is 11.0 Å². The highest BCUT2D eigenvalue weighted by Crippen LogP contribution is 2.36. The van der Waals surface area contributed by atoms with Crippen molar-refractivity contribution in [2.45, 2.75) is 39.4 Å². The Morgan fingerprint density at radius 2 is 1.39 bits per heavy atom. The summed E-state index contributed by atoms with van der Waals surface area (Å²) in [4.78, 5) is 24.8. The maximum atomic E-state index is 11.8. The molecule has 1 radical (unpaired) electrons. The Balaban J connectivity index is 1.88. The fourth-order valence-corrected chi connectivity index (χ4v) is 4.79. The van der Waals surface area contributed by atoms with Crippen LogP contribution < -0.4 is 28.7 Å². The van der Waals surface area contributed by atoms with Crippen LogP contribution in [0.2, 0.25) is 5.15 Å². The lowest BCUT2D eigenvalue weighted by atomic mass is 10.1. The number of benzene rings is 2. The van der Waals surface area contributed by atoms with Crippen LogP contribution in [-0.4, -0.2) is 50.4 Å². The number of nitrogens with zero attached hydrogens (tertiary/aromatic N) is 4. The summed E-state index contributed by atoms with van der Waals surface area (Å²) in [6.07, 6.45) is 3.66. The minimum Gasteiger partial charge on any atom is -0.497 e. The number of pyridine rings is 2. The van der Waals surface area contributed by atoms with Crippen molar-refractivity contribution >= 4 is 40.4 Å². The third-order valence-electron chi connectivity index (χ3n) is 6.65. The highest BCUT2D eigenvalue weighted by molar-refractivity contribution is 6.30. The molecule has 215 valence electrons. The van der Waals surface area contributed by atoms with Crippen LogP contribution in [0, 0.1) is 0 Å². The SMILES string of the molecule is COc1ccc(CN(Cc2ccc(OC)cc2OC)c2cc(Cl)nc3cc(N([C]=O)C(C)(C)C)cnc23)c(OC)c1. The van der Waals surface area contributed by atoms with Crippen molar-refractivity contribution < 1.29 is 23.7 Å². The number of carbonyl (C=O) groups excluding carboxylic acids is 1. The number of amides is 1. The van der Waals surface area contributed by atoms with Crippen LogP contribution in [0.3, 0.4) is 0 Å². The minimum atomic E-state index is -0.500. The average molecular weight is 578 g/mol. The van der Waals surface area contributed by atoms with Crippen LogP contribution >= 0.6 is 11.6 Å². The predicted octanol–water partition coefficient (Wildman–Crippen LogP) is 6.20. The molecule has 0 aliphatic carbocycles. The number of hydrogen-bond acceptors (Lipinski definition) is 8. The zero-order valence-corrected chi connectivity index (χ0v) is 25.1. The van der Waals surface area contributed by atoms with Crippen LogP contribution in [0.5, 0.6) is 23.0 Å². The zero-order chi connectivity index (χ0) is 29.7. The highest BCUT2D eigenvalue weighted by atomic mass is 35.5. The molecule has 2 aromatic carbocycles. The molecular formula is C31H34ClN4O5. The molecule has 9 nitrogen and oxygen atoms in total. The molecule has 0 spiro atoms. The molecule has 41 heavy (non-hydrogen) atoms. The number of rotatable bonds is 11. The second-order valence-electron chi connectivity index (χ2n) is 10.3. The summed E-state index contributed by atoms with van der Waals surface area (Å²) < 4.78 is 22.2. The van der Waals surface area contributed by atoms with Gasteiger partial charge in [0.05, 0.1) is 51.5 Å². The Labute approximate surface area is 245 Å². The van der Waals surface area contributed by atoms with Crippen LogP contribution in [0.4, 0.5) is 11.4 Å². The molecule has 0 aliphatic rings. The lowest BCUT2D eigenvalue weighted by Crippen LogP contribution is -2.40. The Kier molecular flexibility index (Phi) is 9.08. The second kappa shape index (κ2) is 12.5. The molecule has 0 unspecified atom stereocenters. The average Bonchev–Trinajstić information content (AvgIpc) is 2.96. The minimum absolute atomic E-state index is 0.289. The Bertz CT molecular complexity index is 1480. The maximum Gasteiger partial charge on any atom is 0.317 e. The molecule has 0 N–H and O–H groups in total. The number of fused-ring (bicyclic) bond motifs is 1. The molecule has 0 saturated heterocycles. The van der Waals surface area contributed by atoms with E-state index in [1.807, 2.05) is 63.6 Å². The van der Waals surface area contributed by atoms with E-state index in [1.165, 1.54) is 4.90 Å². The molecule has 0 fully saturated rings. The molecule has 0 atom stereocenters. The van der Waals surface area contributed by atoms with E-state index < -0.39 is 5.54 Å². The van der Waals surface area contributed by atoms with E-state index in [0.29, 0.717) is 52.8 Å². The predicted molar refractivity (Wildman–Crippen MR) is 161 cm³/mol. The first-order valence-electron chi connectivity index (χ1n) is 12.9. The van der Waals surface area contributed by atoms with E-state index in [1.54, 1.807) is 46.8 Å². The van der Waals surface area contributed by atoms with Gasteiger partial charge in [0.25, 0.3) is 0 Å². The second-order valence-corrected chi connectivity index (χ2v) is 10.7. The summed E-state index contributed by atoms with van der Waals surface area (Å²) >= 11 is 6.59. The molecule has 2 heterocycles. The zero-order valence-electron chi connectivity index (χ0n) is 24.3. The molecule has 4 rings (SSSR count). The fourth-order valence-electron chi connectivity index (χ4n) is 4.60. The lowest BCUT2D eigenvalue weighted by Gasteiger charge is -2.31. The first-order valence-corrected chi connectivity index (χ1v) is 13.3. The van der Waals surface area contributed by atoms with E-state index in [0.717, 1.165) is 16.8 Å². The van der Waals surface area contributed by atoms with Crippen molar-refractivity contribution in [3.63, 3.8) is 0 Å². The van der Waals surface area contributed by atoms with Gasteiger partial charge >= 0.3 is 6.41 Å².